The van der Waals surface area contributed by atoms with Gasteiger partial charge in [-0.1, -0.05) is 65.2 Å². The summed E-state index contributed by atoms with van der Waals surface area (Å²) in [6.07, 6.45) is 9.88. The molecule has 0 rings (SSSR count). The van der Waals surface area contributed by atoms with Gasteiger partial charge in [0.15, 0.2) is 0 Å². The summed E-state index contributed by atoms with van der Waals surface area (Å²) >= 11 is 0. The molecule has 0 aromatic carbocycles. The fourth-order valence-electron chi connectivity index (χ4n) is 2.32. The predicted molar refractivity (Wildman–Crippen MR) is 77.8 cm³/mol. The summed E-state index contributed by atoms with van der Waals surface area (Å²) in [4.78, 5) is 26.6. The minimum absolute atomic E-state index is 0.166. The van der Waals surface area contributed by atoms with E-state index in [4.69, 9.17) is 0 Å². The highest BCUT2D eigenvalue weighted by molar-refractivity contribution is 5.98. The van der Waals surface area contributed by atoms with Crippen molar-refractivity contribution in [3.8, 4) is 0 Å². The maximum Gasteiger partial charge on any atom is 0.359 e. The third kappa shape index (κ3) is 9.05. The van der Waals surface area contributed by atoms with Crippen LogP contribution in [0, 0.1) is 5.92 Å². The Labute approximate surface area is 122 Å². The zero-order valence-electron chi connectivity index (χ0n) is 13.0. The van der Waals surface area contributed by atoms with E-state index >= 15 is 0 Å². The van der Waals surface area contributed by atoms with Crippen molar-refractivity contribution in [2.24, 2.45) is 5.92 Å². The molecule has 0 aliphatic heterocycles. The molecule has 0 spiro atoms. The van der Waals surface area contributed by atoms with Gasteiger partial charge >= 0.3 is 5.97 Å². The quantitative estimate of drug-likeness (QED) is 0.356. The molecule has 0 fully saturated rings. The largest absolute Gasteiger partial charge is 0.359 e. The van der Waals surface area contributed by atoms with Crippen LogP contribution in [0.15, 0.2) is 0 Å². The van der Waals surface area contributed by atoms with E-state index in [2.05, 4.69) is 18.8 Å². The Bertz CT molecular complexity index is 266. The van der Waals surface area contributed by atoms with Gasteiger partial charge in [0.1, 0.15) is 11.7 Å². The normalized spacial score (nSPS) is 12.2. The second-order valence-corrected chi connectivity index (χ2v) is 5.43. The second-order valence-electron chi connectivity index (χ2n) is 5.43. The van der Waals surface area contributed by atoms with Crippen LogP contribution in [0.4, 0.5) is 4.53 Å². The van der Waals surface area contributed by atoms with E-state index in [1.807, 2.05) is 0 Å². The number of unbranched alkanes of at least 4 members (excludes halogenated alkanes) is 7. The van der Waals surface area contributed by atoms with Crippen molar-refractivity contribution in [2.75, 3.05) is 0 Å². The lowest BCUT2D eigenvalue weighted by molar-refractivity contribution is -0.189. The number of rotatable bonds is 13. The molecule has 0 radical (unpaired) electrons. The second kappa shape index (κ2) is 13.1. The average molecular weight is 288 g/mol. The Morgan fingerprint density at radius 3 is 2.00 bits per heavy atom. The molecule has 0 amide bonds. The van der Waals surface area contributed by atoms with Crippen LogP contribution in [0.3, 0.4) is 0 Å². The summed E-state index contributed by atoms with van der Waals surface area (Å²) in [6, 6.07) is 0. The molecular formula is C16H29FO3. The number of ketones is 1. The monoisotopic (exact) mass is 288 g/mol. The van der Waals surface area contributed by atoms with Gasteiger partial charge in [-0.25, -0.2) is 4.79 Å². The third-order valence-electron chi connectivity index (χ3n) is 3.62. The number of hydrogen-bond acceptors (Lipinski definition) is 3. The maximum atomic E-state index is 12.1. The van der Waals surface area contributed by atoms with E-state index in [0.717, 1.165) is 51.4 Å². The Hall–Kier alpha value is -0.930. The highest BCUT2D eigenvalue weighted by Crippen LogP contribution is 2.17. The maximum absolute atomic E-state index is 12.1. The average Bonchev–Trinajstić information content (AvgIpc) is 2.46. The molecule has 0 heterocycles. The van der Waals surface area contributed by atoms with Crippen LogP contribution in [0.5, 0.6) is 0 Å². The van der Waals surface area contributed by atoms with E-state index < -0.39 is 11.9 Å². The molecule has 0 aromatic heterocycles. The lowest BCUT2D eigenvalue weighted by atomic mass is 9.93. The van der Waals surface area contributed by atoms with Gasteiger partial charge in [0.05, 0.1) is 0 Å². The molecule has 0 aromatic rings. The van der Waals surface area contributed by atoms with Crippen LogP contribution in [-0.4, -0.2) is 11.8 Å². The van der Waals surface area contributed by atoms with Crippen LogP contribution >= 0.6 is 0 Å². The minimum Gasteiger partial charge on any atom is -0.299 e. The first-order valence-corrected chi connectivity index (χ1v) is 8.02. The number of hydrogen-bond donors (Lipinski definition) is 0. The highest BCUT2D eigenvalue weighted by atomic mass is 19.3. The molecule has 1 unspecified atom stereocenters. The standard InChI is InChI=1S/C16H29FO3/c1-3-5-7-9-11-13-15(18)14(16(19)20-17)12-10-8-6-4-2/h14H,3-13H2,1-2H3. The molecule has 0 saturated carbocycles. The molecule has 0 saturated heterocycles. The molecule has 118 valence electrons. The molecule has 0 aliphatic carbocycles. The molecule has 20 heavy (non-hydrogen) atoms. The third-order valence-corrected chi connectivity index (χ3v) is 3.62. The summed E-state index contributed by atoms with van der Waals surface area (Å²) in [5.74, 6) is -2.08. The summed E-state index contributed by atoms with van der Waals surface area (Å²) in [5, 5.41) is 0. The van der Waals surface area contributed by atoms with Crippen LogP contribution in [0.2, 0.25) is 0 Å². The Morgan fingerprint density at radius 2 is 1.45 bits per heavy atom. The molecular weight excluding hydrogens is 259 g/mol. The smallest absolute Gasteiger partial charge is 0.299 e. The van der Waals surface area contributed by atoms with Gasteiger partial charge in [-0.15, -0.1) is 0 Å². The number of carbonyl (C=O) groups excluding carboxylic acids is 2. The van der Waals surface area contributed by atoms with Crippen molar-refractivity contribution in [1.82, 2.24) is 0 Å². The fraction of sp³-hybridized carbons (Fsp3) is 0.875. The van der Waals surface area contributed by atoms with E-state index in [1.165, 1.54) is 6.42 Å². The first-order valence-electron chi connectivity index (χ1n) is 8.02. The molecule has 1 atom stereocenters. The van der Waals surface area contributed by atoms with Crippen molar-refractivity contribution in [3.05, 3.63) is 0 Å². The van der Waals surface area contributed by atoms with Crippen molar-refractivity contribution in [1.29, 1.82) is 0 Å². The van der Waals surface area contributed by atoms with E-state index in [0.29, 0.717) is 12.8 Å². The topological polar surface area (TPSA) is 43.4 Å². The first kappa shape index (κ1) is 19.1. The fourth-order valence-corrected chi connectivity index (χ4v) is 2.32. The lowest BCUT2D eigenvalue weighted by Gasteiger charge is -2.11. The van der Waals surface area contributed by atoms with Gasteiger partial charge in [-0.3, -0.25) is 9.74 Å². The van der Waals surface area contributed by atoms with Crippen LogP contribution in [-0.2, 0) is 14.5 Å². The van der Waals surface area contributed by atoms with Crippen LogP contribution in [0.25, 0.3) is 0 Å². The first-order chi connectivity index (χ1) is 9.67. The van der Waals surface area contributed by atoms with Gasteiger partial charge in [0, 0.05) is 10.9 Å². The summed E-state index contributed by atoms with van der Waals surface area (Å²) in [5.41, 5.74) is 0. The molecule has 3 nitrogen and oxygen atoms in total. The Balaban J connectivity index is 4.04. The van der Waals surface area contributed by atoms with Crippen molar-refractivity contribution in [2.45, 2.75) is 84.5 Å². The lowest BCUT2D eigenvalue weighted by Crippen LogP contribution is -2.24. The van der Waals surface area contributed by atoms with Crippen molar-refractivity contribution in [3.63, 3.8) is 0 Å². The van der Waals surface area contributed by atoms with E-state index in [1.54, 1.807) is 0 Å². The molecule has 4 heteroatoms. The van der Waals surface area contributed by atoms with Crippen LogP contribution in [0.1, 0.15) is 84.5 Å². The minimum atomic E-state index is -1.01. The SMILES string of the molecule is CCCCCCCC(=O)C(CCCCCC)C(=O)OF. The summed E-state index contributed by atoms with van der Waals surface area (Å²) in [7, 11) is 0. The molecule has 0 N–H and O–H groups in total. The van der Waals surface area contributed by atoms with Gasteiger partial charge in [0.2, 0.25) is 0 Å². The summed E-state index contributed by atoms with van der Waals surface area (Å²) < 4.78 is 12.1. The van der Waals surface area contributed by atoms with Gasteiger partial charge in [-0.2, -0.15) is 0 Å². The van der Waals surface area contributed by atoms with Gasteiger partial charge < -0.3 is 0 Å². The zero-order chi connectivity index (χ0) is 15.2. The van der Waals surface area contributed by atoms with Crippen LogP contribution < -0.4 is 0 Å². The number of halogens is 1. The Kier molecular flexibility index (Phi) is 12.5. The van der Waals surface area contributed by atoms with E-state index in [9.17, 15) is 14.1 Å². The molecule has 0 bridgehead atoms. The van der Waals surface area contributed by atoms with Gasteiger partial charge in [-0.05, 0) is 12.8 Å². The number of carbonyl (C=O) groups is 2. The number of Topliss-reactive ketones (excluding diaryl/α,β-unsaturated/α-hetero) is 1. The summed E-state index contributed by atoms with van der Waals surface area (Å²) in [6.45, 7) is 4.23. The van der Waals surface area contributed by atoms with Gasteiger partial charge in [0.25, 0.3) is 0 Å². The van der Waals surface area contributed by atoms with E-state index in [-0.39, 0.29) is 5.78 Å². The zero-order valence-corrected chi connectivity index (χ0v) is 13.0. The highest BCUT2D eigenvalue weighted by Gasteiger charge is 2.27. The molecule has 0 aliphatic rings. The predicted octanol–water partition coefficient (Wildman–Crippen LogP) is 4.93. The van der Waals surface area contributed by atoms with Crippen molar-refractivity contribution >= 4 is 11.8 Å². The van der Waals surface area contributed by atoms with Crippen molar-refractivity contribution < 1.29 is 19.1 Å². The Morgan fingerprint density at radius 1 is 0.900 bits per heavy atom.